The molecule has 0 saturated carbocycles. The van der Waals surface area contributed by atoms with E-state index >= 15 is 0 Å². The predicted molar refractivity (Wildman–Crippen MR) is 88.1 cm³/mol. The third-order valence-electron chi connectivity index (χ3n) is 2.82. The van der Waals surface area contributed by atoms with Gasteiger partial charge in [0.15, 0.2) is 0 Å². The number of hydrogen-bond acceptors (Lipinski definition) is 3. The summed E-state index contributed by atoms with van der Waals surface area (Å²) < 4.78 is 19.9. The van der Waals surface area contributed by atoms with Gasteiger partial charge in [0.05, 0.1) is 10.0 Å². The van der Waals surface area contributed by atoms with E-state index in [0.717, 1.165) is 4.47 Å². The van der Waals surface area contributed by atoms with E-state index in [1.165, 1.54) is 12.1 Å². The summed E-state index contributed by atoms with van der Waals surface area (Å²) in [7, 11) is 0. The minimum atomic E-state index is -0.792. The van der Waals surface area contributed by atoms with Crippen LogP contribution in [-0.4, -0.2) is 19.1 Å². The van der Waals surface area contributed by atoms with E-state index in [9.17, 15) is 9.18 Å². The fourth-order valence-electron chi connectivity index (χ4n) is 1.77. The summed E-state index contributed by atoms with van der Waals surface area (Å²) in [6.07, 6.45) is 0. The van der Waals surface area contributed by atoms with Crippen molar-refractivity contribution in [2.45, 2.75) is 0 Å². The van der Waals surface area contributed by atoms with Crippen LogP contribution < -0.4 is 15.8 Å². The van der Waals surface area contributed by atoms with Crippen molar-refractivity contribution >= 4 is 39.1 Å². The number of primary amides is 1. The van der Waals surface area contributed by atoms with Gasteiger partial charge < -0.3 is 15.8 Å². The predicted octanol–water partition coefficient (Wildman–Crippen LogP) is 3.83. The Morgan fingerprint density at radius 2 is 2.09 bits per heavy atom. The molecule has 0 aliphatic rings. The number of nitrogens with one attached hydrogen (secondary N) is 1. The molecule has 0 fully saturated rings. The summed E-state index contributed by atoms with van der Waals surface area (Å²) in [6, 6.07) is 9.37. The minimum absolute atomic E-state index is 0.133. The summed E-state index contributed by atoms with van der Waals surface area (Å²) >= 11 is 9.19. The summed E-state index contributed by atoms with van der Waals surface area (Å²) in [5.74, 6) is -0.778. The highest BCUT2D eigenvalue weighted by Crippen LogP contribution is 2.27. The topological polar surface area (TPSA) is 64.4 Å². The molecule has 0 radical (unpaired) electrons. The Hall–Kier alpha value is -1.79. The lowest BCUT2D eigenvalue weighted by molar-refractivity contribution is 0.0996. The van der Waals surface area contributed by atoms with E-state index < -0.39 is 11.7 Å². The van der Waals surface area contributed by atoms with Crippen LogP contribution in [0.25, 0.3) is 0 Å². The molecular weight excluding hydrogens is 375 g/mol. The molecule has 0 aliphatic carbocycles. The fourth-order valence-corrected chi connectivity index (χ4v) is 2.57. The van der Waals surface area contributed by atoms with Crippen molar-refractivity contribution in [1.82, 2.24) is 0 Å². The molecule has 2 aromatic carbocycles. The van der Waals surface area contributed by atoms with E-state index in [-0.39, 0.29) is 5.56 Å². The smallest absolute Gasteiger partial charge is 0.251 e. The summed E-state index contributed by atoms with van der Waals surface area (Å²) in [5.41, 5.74) is 5.45. The molecule has 7 heteroatoms. The Balaban J connectivity index is 1.86. The van der Waals surface area contributed by atoms with Crippen molar-refractivity contribution in [3.05, 3.63) is 57.3 Å². The quantitative estimate of drug-likeness (QED) is 0.740. The SMILES string of the molecule is NC(=O)c1ccc(NCCOc2ccc(Cl)cc2Br)cc1F. The van der Waals surface area contributed by atoms with Crippen LogP contribution in [0.4, 0.5) is 10.1 Å². The highest BCUT2D eigenvalue weighted by molar-refractivity contribution is 9.10. The first-order valence-corrected chi connectivity index (χ1v) is 7.55. The van der Waals surface area contributed by atoms with Crippen molar-refractivity contribution in [2.24, 2.45) is 5.73 Å². The van der Waals surface area contributed by atoms with Gasteiger partial charge >= 0.3 is 0 Å². The van der Waals surface area contributed by atoms with Gasteiger partial charge in [0.2, 0.25) is 0 Å². The van der Waals surface area contributed by atoms with Gasteiger partial charge in [-0.1, -0.05) is 11.6 Å². The first-order valence-electron chi connectivity index (χ1n) is 6.38. The molecule has 3 N–H and O–H groups in total. The van der Waals surface area contributed by atoms with Crippen molar-refractivity contribution in [2.75, 3.05) is 18.5 Å². The van der Waals surface area contributed by atoms with Gasteiger partial charge in [-0.05, 0) is 52.3 Å². The zero-order chi connectivity index (χ0) is 16.1. The third-order valence-corrected chi connectivity index (χ3v) is 3.67. The molecule has 0 heterocycles. The maximum atomic E-state index is 13.6. The standard InChI is InChI=1S/C15H13BrClFN2O2/c16-12-7-9(17)1-4-14(12)22-6-5-20-10-2-3-11(15(19)21)13(18)8-10/h1-4,7-8,20H,5-6H2,(H2,19,21). The molecule has 0 aromatic heterocycles. The molecule has 2 rings (SSSR count). The maximum absolute atomic E-state index is 13.6. The lowest BCUT2D eigenvalue weighted by Crippen LogP contribution is -2.14. The van der Waals surface area contributed by atoms with Gasteiger partial charge in [-0.15, -0.1) is 0 Å². The number of carbonyl (C=O) groups is 1. The fraction of sp³-hybridized carbons (Fsp3) is 0.133. The normalized spacial score (nSPS) is 10.3. The molecule has 0 saturated heterocycles. The van der Waals surface area contributed by atoms with E-state index in [4.69, 9.17) is 22.1 Å². The average Bonchev–Trinajstić information content (AvgIpc) is 2.45. The highest BCUT2D eigenvalue weighted by Gasteiger charge is 2.08. The van der Waals surface area contributed by atoms with Crippen LogP contribution in [0.1, 0.15) is 10.4 Å². The van der Waals surface area contributed by atoms with Crippen molar-refractivity contribution < 1.29 is 13.9 Å². The van der Waals surface area contributed by atoms with Gasteiger partial charge in [-0.3, -0.25) is 4.79 Å². The maximum Gasteiger partial charge on any atom is 0.251 e. The first kappa shape index (κ1) is 16.6. The Morgan fingerprint density at radius 1 is 1.32 bits per heavy atom. The second-order valence-electron chi connectivity index (χ2n) is 4.41. The van der Waals surface area contributed by atoms with Crippen LogP contribution >= 0.6 is 27.5 Å². The van der Waals surface area contributed by atoms with Gasteiger partial charge in [0.1, 0.15) is 18.2 Å². The van der Waals surface area contributed by atoms with Crippen LogP contribution in [0.5, 0.6) is 5.75 Å². The number of anilines is 1. The second-order valence-corrected chi connectivity index (χ2v) is 5.70. The largest absolute Gasteiger partial charge is 0.491 e. The zero-order valence-electron chi connectivity index (χ0n) is 11.4. The average molecular weight is 388 g/mol. The molecule has 0 aliphatic heterocycles. The van der Waals surface area contributed by atoms with E-state index in [1.807, 2.05) is 0 Å². The van der Waals surface area contributed by atoms with Crippen LogP contribution in [0, 0.1) is 5.82 Å². The molecule has 0 atom stereocenters. The molecule has 0 spiro atoms. The number of halogens is 3. The Bertz CT molecular complexity index is 697. The number of rotatable bonds is 6. The molecule has 0 bridgehead atoms. The van der Waals surface area contributed by atoms with Gasteiger partial charge in [0, 0.05) is 17.3 Å². The molecule has 0 unspecified atom stereocenters. The van der Waals surface area contributed by atoms with Crippen molar-refractivity contribution in [3.63, 3.8) is 0 Å². The Labute approximate surface area is 140 Å². The third kappa shape index (κ3) is 4.35. The summed E-state index contributed by atoms with van der Waals surface area (Å²) in [5, 5.41) is 3.61. The first-order chi connectivity index (χ1) is 10.5. The van der Waals surface area contributed by atoms with E-state index in [2.05, 4.69) is 21.2 Å². The Kier molecular flexibility index (Phi) is 5.63. The second kappa shape index (κ2) is 7.47. The Morgan fingerprint density at radius 3 is 2.73 bits per heavy atom. The van der Waals surface area contributed by atoms with Crippen molar-refractivity contribution in [3.8, 4) is 5.75 Å². The molecule has 4 nitrogen and oxygen atoms in total. The van der Waals surface area contributed by atoms with Crippen LogP contribution in [0.15, 0.2) is 40.9 Å². The van der Waals surface area contributed by atoms with Gasteiger partial charge in [-0.25, -0.2) is 4.39 Å². The molecule has 116 valence electrons. The molecule has 1 amide bonds. The lowest BCUT2D eigenvalue weighted by Gasteiger charge is -2.10. The number of benzene rings is 2. The molecule has 2 aromatic rings. The molecular formula is C15H13BrClFN2O2. The summed E-state index contributed by atoms with van der Waals surface area (Å²) in [4.78, 5) is 10.9. The molecule has 22 heavy (non-hydrogen) atoms. The minimum Gasteiger partial charge on any atom is -0.491 e. The number of hydrogen-bond donors (Lipinski definition) is 2. The van der Waals surface area contributed by atoms with Crippen LogP contribution in [0.3, 0.4) is 0 Å². The number of nitrogens with two attached hydrogens (primary N) is 1. The van der Waals surface area contributed by atoms with E-state index in [1.54, 1.807) is 24.3 Å². The van der Waals surface area contributed by atoms with Crippen LogP contribution in [-0.2, 0) is 0 Å². The summed E-state index contributed by atoms with van der Waals surface area (Å²) in [6.45, 7) is 0.837. The number of carbonyl (C=O) groups excluding carboxylic acids is 1. The lowest BCUT2D eigenvalue weighted by atomic mass is 10.2. The number of ether oxygens (including phenoxy) is 1. The van der Waals surface area contributed by atoms with Crippen molar-refractivity contribution in [1.29, 1.82) is 0 Å². The van der Waals surface area contributed by atoms with Crippen LogP contribution in [0.2, 0.25) is 5.02 Å². The van der Waals surface area contributed by atoms with E-state index in [0.29, 0.717) is 29.6 Å². The number of amides is 1. The van der Waals surface area contributed by atoms with Gasteiger partial charge in [-0.2, -0.15) is 0 Å². The highest BCUT2D eigenvalue weighted by atomic mass is 79.9. The zero-order valence-corrected chi connectivity index (χ0v) is 13.7. The van der Waals surface area contributed by atoms with Gasteiger partial charge in [0.25, 0.3) is 5.91 Å². The monoisotopic (exact) mass is 386 g/mol.